The lowest BCUT2D eigenvalue weighted by atomic mass is 9.96. The van der Waals surface area contributed by atoms with Crippen LogP contribution in [0.2, 0.25) is 0 Å². The van der Waals surface area contributed by atoms with E-state index in [4.69, 9.17) is 4.42 Å². The van der Waals surface area contributed by atoms with Gasteiger partial charge in [0.1, 0.15) is 34.0 Å². The summed E-state index contributed by atoms with van der Waals surface area (Å²) in [6.07, 6.45) is 7.42. The predicted octanol–water partition coefficient (Wildman–Crippen LogP) is 7.10. The highest BCUT2D eigenvalue weighted by Crippen LogP contribution is 2.37. The minimum Gasteiger partial charge on any atom is -0.507 e. The topological polar surface area (TPSA) is 90.9 Å². The van der Waals surface area contributed by atoms with Crippen molar-refractivity contribution in [1.29, 1.82) is 0 Å². The smallest absolute Gasteiger partial charge is 0.197 e. The Balaban J connectivity index is 2.30. The Morgan fingerprint density at radius 2 is 1.26 bits per heavy atom. The Bertz CT molecular complexity index is 1360. The highest BCUT2D eigenvalue weighted by Gasteiger charge is 2.19. The second-order valence-electron chi connectivity index (χ2n) is 9.67. The van der Waals surface area contributed by atoms with E-state index < -0.39 is 5.43 Å². The van der Waals surface area contributed by atoms with Crippen LogP contribution in [0.25, 0.3) is 22.3 Å². The summed E-state index contributed by atoms with van der Waals surface area (Å²) in [5, 5.41) is 31.9. The number of benzene rings is 2. The molecule has 35 heavy (non-hydrogen) atoms. The first-order valence-corrected chi connectivity index (χ1v) is 11.7. The third kappa shape index (κ3) is 6.04. The van der Waals surface area contributed by atoms with Crippen LogP contribution in [0.15, 0.2) is 68.4 Å². The van der Waals surface area contributed by atoms with E-state index in [9.17, 15) is 20.1 Å². The molecule has 1 heterocycles. The molecule has 0 radical (unpaired) electrons. The molecule has 2 aromatic carbocycles. The van der Waals surface area contributed by atoms with Crippen molar-refractivity contribution < 1.29 is 19.7 Å². The fraction of sp³-hybridized carbons (Fsp3) is 0.300. The first-order valence-electron chi connectivity index (χ1n) is 11.7. The van der Waals surface area contributed by atoms with Crippen LogP contribution >= 0.6 is 0 Å². The van der Waals surface area contributed by atoms with Crippen molar-refractivity contribution in [2.75, 3.05) is 0 Å². The van der Waals surface area contributed by atoms with Crippen molar-refractivity contribution in [2.45, 2.75) is 60.8 Å². The van der Waals surface area contributed by atoms with Crippen LogP contribution in [-0.2, 0) is 19.3 Å². The van der Waals surface area contributed by atoms with Crippen LogP contribution in [0.4, 0.5) is 0 Å². The molecule has 3 rings (SSSR count). The zero-order valence-electron chi connectivity index (χ0n) is 21.3. The van der Waals surface area contributed by atoms with Gasteiger partial charge in [0.15, 0.2) is 5.43 Å². The molecule has 184 valence electrons. The lowest BCUT2D eigenvalue weighted by Crippen LogP contribution is -2.03. The summed E-state index contributed by atoms with van der Waals surface area (Å²) in [5.41, 5.74) is 5.61. The van der Waals surface area contributed by atoms with E-state index >= 15 is 0 Å². The largest absolute Gasteiger partial charge is 0.507 e. The molecule has 0 saturated carbocycles. The van der Waals surface area contributed by atoms with Gasteiger partial charge >= 0.3 is 0 Å². The van der Waals surface area contributed by atoms with Gasteiger partial charge in [-0.25, -0.2) is 0 Å². The van der Waals surface area contributed by atoms with E-state index in [1.165, 1.54) is 12.1 Å². The van der Waals surface area contributed by atoms with E-state index in [-0.39, 0.29) is 28.2 Å². The van der Waals surface area contributed by atoms with Crippen LogP contribution in [0.1, 0.15) is 58.2 Å². The Labute approximate surface area is 206 Å². The summed E-state index contributed by atoms with van der Waals surface area (Å²) in [6.45, 7) is 11.9. The van der Waals surface area contributed by atoms with Crippen molar-refractivity contribution in [2.24, 2.45) is 0 Å². The summed E-state index contributed by atoms with van der Waals surface area (Å²) < 4.78 is 6.19. The van der Waals surface area contributed by atoms with E-state index in [0.29, 0.717) is 36.1 Å². The van der Waals surface area contributed by atoms with Gasteiger partial charge in [-0.05, 0) is 84.1 Å². The van der Waals surface area contributed by atoms with Gasteiger partial charge < -0.3 is 19.7 Å². The molecule has 5 nitrogen and oxygen atoms in total. The minimum absolute atomic E-state index is 0.0389. The summed E-state index contributed by atoms with van der Waals surface area (Å²) in [6, 6.07) is 6.18. The number of hydrogen-bond donors (Lipinski definition) is 3. The van der Waals surface area contributed by atoms with Crippen LogP contribution in [0.3, 0.4) is 0 Å². The maximum atomic E-state index is 13.1. The average molecular weight is 475 g/mol. The van der Waals surface area contributed by atoms with Crippen molar-refractivity contribution in [3.05, 3.63) is 86.1 Å². The molecule has 1 aromatic heterocycles. The highest BCUT2D eigenvalue weighted by atomic mass is 16.3. The molecule has 0 fully saturated rings. The Kier molecular flexibility index (Phi) is 7.90. The molecule has 0 amide bonds. The molecule has 3 aromatic rings. The standard InChI is InChI=1S/C30H34O5/c1-17(2)7-10-20-13-22(14-21(29(20)34)11-8-18(3)4)27-16-26(33)28-25(32)15-24(31)23(30(28)35-27)12-9-19(5)6/h7-9,13-16,31-32,34H,10-12H2,1-6H3. The van der Waals surface area contributed by atoms with Gasteiger partial charge in [0.05, 0.1) is 0 Å². The van der Waals surface area contributed by atoms with Crippen LogP contribution in [0.5, 0.6) is 17.2 Å². The molecule has 0 spiro atoms. The number of allylic oxidation sites excluding steroid dienone is 6. The number of rotatable bonds is 7. The molecule has 0 atom stereocenters. The summed E-state index contributed by atoms with van der Waals surface area (Å²) >= 11 is 0. The van der Waals surface area contributed by atoms with Gasteiger partial charge in [-0.15, -0.1) is 0 Å². The zero-order valence-corrected chi connectivity index (χ0v) is 21.3. The van der Waals surface area contributed by atoms with Gasteiger partial charge in [0.25, 0.3) is 0 Å². The molecule has 3 N–H and O–H groups in total. The first kappa shape index (κ1) is 25.9. The first-order chi connectivity index (χ1) is 16.5. The van der Waals surface area contributed by atoms with Crippen LogP contribution < -0.4 is 5.43 Å². The molecular weight excluding hydrogens is 440 g/mol. The van der Waals surface area contributed by atoms with Crippen LogP contribution in [-0.4, -0.2) is 15.3 Å². The number of phenols is 3. The van der Waals surface area contributed by atoms with Crippen molar-refractivity contribution in [3.63, 3.8) is 0 Å². The number of phenolic OH excluding ortho intramolecular Hbond substituents is 3. The molecule has 5 heteroatoms. The van der Waals surface area contributed by atoms with Crippen molar-refractivity contribution in [3.8, 4) is 28.6 Å². The lowest BCUT2D eigenvalue weighted by molar-refractivity contribution is 0.448. The molecule has 0 aliphatic carbocycles. The molecular formula is C30H34O5. The van der Waals surface area contributed by atoms with Gasteiger partial charge in [-0.2, -0.15) is 0 Å². The van der Waals surface area contributed by atoms with E-state index in [1.807, 2.05) is 71.9 Å². The zero-order chi connectivity index (χ0) is 25.9. The summed E-state index contributed by atoms with van der Waals surface area (Å²) in [7, 11) is 0. The van der Waals surface area contributed by atoms with Gasteiger partial charge in [-0.3, -0.25) is 4.79 Å². The van der Waals surface area contributed by atoms with Gasteiger partial charge in [0, 0.05) is 23.3 Å². The average Bonchev–Trinajstić information content (AvgIpc) is 2.76. The fourth-order valence-corrected chi connectivity index (χ4v) is 3.84. The molecule has 0 bridgehead atoms. The maximum absolute atomic E-state index is 13.1. The van der Waals surface area contributed by atoms with E-state index in [2.05, 4.69) is 0 Å². The van der Waals surface area contributed by atoms with E-state index in [1.54, 1.807) is 0 Å². The number of hydrogen-bond acceptors (Lipinski definition) is 5. The molecule has 0 unspecified atom stereocenters. The third-order valence-corrected chi connectivity index (χ3v) is 5.79. The second kappa shape index (κ2) is 10.7. The third-order valence-electron chi connectivity index (χ3n) is 5.79. The lowest BCUT2D eigenvalue weighted by Gasteiger charge is -2.14. The van der Waals surface area contributed by atoms with Gasteiger partial charge in [0.2, 0.25) is 0 Å². The predicted molar refractivity (Wildman–Crippen MR) is 142 cm³/mol. The van der Waals surface area contributed by atoms with Gasteiger partial charge in [-0.1, -0.05) is 34.9 Å². The Morgan fingerprint density at radius 1 is 0.743 bits per heavy atom. The van der Waals surface area contributed by atoms with Crippen LogP contribution in [0, 0.1) is 0 Å². The minimum atomic E-state index is -0.401. The SMILES string of the molecule is CC(C)=CCc1cc(-c2cc(=O)c3c(O)cc(O)c(CC=C(C)C)c3o2)cc(CC=C(C)C)c1O. The van der Waals surface area contributed by atoms with Crippen molar-refractivity contribution in [1.82, 2.24) is 0 Å². The molecule has 0 aliphatic rings. The number of fused-ring (bicyclic) bond motifs is 1. The molecule has 0 aliphatic heterocycles. The monoisotopic (exact) mass is 474 g/mol. The van der Waals surface area contributed by atoms with E-state index in [0.717, 1.165) is 27.8 Å². The maximum Gasteiger partial charge on any atom is 0.197 e. The fourth-order valence-electron chi connectivity index (χ4n) is 3.84. The second-order valence-corrected chi connectivity index (χ2v) is 9.67. The van der Waals surface area contributed by atoms with Crippen molar-refractivity contribution >= 4 is 11.0 Å². The Morgan fingerprint density at radius 3 is 1.77 bits per heavy atom. The quantitative estimate of drug-likeness (QED) is 0.318. The normalized spacial score (nSPS) is 10.8. The molecule has 0 saturated heterocycles. The highest BCUT2D eigenvalue weighted by molar-refractivity contribution is 5.89. The number of aromatic hydroxyl groups is 3. The summed E-state index contributed by atoms with van der Waals surface area (Å²) in [4.78, 5) is 13.1. The summed E-state index contributed by atoms with van der Waals surface area (Å²) in [5.74, 6) is 0.0826. The Hall–Kier alpha value is -3.73.